The molecule has 1 saturated carbocycles. The number of hydrogen-bond acceptors (Lipinski definition) is 3. The van der Waals surface area contributed by atoms with Gasteiger partial charge >= 0.3 is 0 Å². The number of sulfonamides is 1. The first-order chi connectivity index (χ1) is 12.4. The topological polar surface area (TPSA) is 66.5 Å². The van der Waals surface area contributed by atoms with E-state index in [9.17, 15) is 13.2 Å². The van der Waals surface area contributed by atoms with Crippen LogP contribution >= 0.6 is 11.6 Å². The Morgan fingerprint density at radius 1 is 1.15 bits per heavy atom. The third-order valence-electron chi connectivity index (χ3n) is 5.54. The lowest BCUT2D eigenvalue weighted by atomic mass is 9.88. The van der Waals surface area contributed by atoms with Crippen molar-refractivity contribution in [1.29, 1.82) is 0 Å². The Morgan fingerprint density at radius 2 is 1.88 bits per heavy atom. The van der Waals surface area contributed by atoms with E-state index in [1.54, 1.807) is 25.1 Å². The number of nitrogens with one attached hydrogen (secondary N) is 1. The molecule has 1 aliphatic carbocycles. The van der Waals surface area contributed by atoms with Gasteiger partial charge in [0.25, 0.3) is 0 Å². The summed E-state index contributed by atoms with van der Waals surface area (Å²) < 4.78 is 27.6. The van der Waals surface area contributed by atoms with Gasteiger partial charge in [0.1, 0.15) is 0 Å². The number of carbonyl (C=O) groups excluding carboxylic acids is 1. The van der Waals surface area contributed by atoms with Gasteiger partial charge in [-0.25, -0.2) is 8.42 Å². The van der Waals surface area contributed by atoms with E-state index in [4.69, 9.17) is 11.6 Å². The van der Waals surface area contributed by atoms with Gasteiger partial charge in [-0.1, -0.05) is 36.9 Å². The van der Waals surface area contributed by atoms with E-state index in [2.05, 4.69) is 5.32 Å². The molecule has 1 aromatic carbocycles. The van der Waals surface area contributed by atoms with Gasteiger partial charge in [-0.3, -0.25) is 4.79 Å². The van der Waals surface area contributed by atoms with Crippen LogP contribution in [0.15, 0.2) is 23.1 Å². The number of nitrogens with zero attached hydrogens (tertiary/aromatic N) is 1. The standard InChI is InChI=1S/C19H27ClN2O3S/c1-14-17(20)10-5-11-18(14)26(24,25)22-12-6-9-16(13-22)21-19(23)15-7-3-2-4-8-15/h5,10-11,15-16H,2-4,6-9,12-13H2,1H3,(H,21,23). The Morgan fingerprint density at radius 3 is 2.62 bits per heavy atom. The summed E-state index contributed by atoms with van der Waals surface area (Å²) in [5, 5.41) is 3.55. The van der Waals surface area contributed by atoms with Crippen molar-refractivity contribution < 1.29 is 13.2 Å². The highest BCUT2D eigenvalue weighted by Crippen LogP contribution is 2.28. The Balaban J connectivity index is 1.69. The van der Waals surface area contributed by atoms with Gasteiger partial charge in [0.05, 0.1) is 4.90 Å². The fraction of sp³-hybridized carbons (Fsp3) is 0.632. The van der Waals surface area contributed by atoms with Crippen molar-refractivity contribution in [2.45, 2.75) is 62.8 Å². The molecule has 0 bridgehead atoms. The van der Waals surface area contributed by atoms with Crippen molar-refractivity contribution in [1.82, 2.24) is 9.62 Å². The zero-order chi connectivity index (χ0) is 18.7. The molecule has 7 heteroatoms. The molecular formula is C19H27ClN2O3S. The Hall–Kier alpha value is -1.11. The van der Waals surface area contributed by atoms with Crippen molar-refractivity contribution in [3.8, 4) is 0 Å². The van der Waals surface area contributed by atoms with E-state index < -0.39 is 10.0 Å². The fourth-order valence-electron chi connectivity index (χ4n) is 3.97. The number of hydrogen-bond donors (Lipinski definition) is 1. The number of amides is 1. The highest BCUT2D eigenvalue weighted by molar-refractivity contribution is 7.89. The van der Waals surface area contributed by atoms with E-state index in [0.29, 0.717) is 23.7 Å². The van der Waals surface area contributed by atoms with Crippen molar-refractivity contribution in [2.24, 2.45) is 5.92 Å². The second-order valence-electron chi connectivity index (χ2n) is 7.41. The molecule has 1 unspecified atom stereocenters. The summed E-state index contributed by atoms with van der Waals surface area (Å²) >= 11 is 6.10. The summed E-state index contributed by atoms with van der Waals surface area (Å²) in [4.78, 5) is 12.7. The quantitative estimate of drug-likeness (QED) is 0.844. The van der Waals surface area contributed by atoms with Crippen LogP contribution in [-0.4, -0.2) is 37.8 Å². The Kier molecular flexibility index (Phi) is 6.25. The maximum Gasteiger partial charge on any atom is 0.243 e. The summed E-state index contributed by atoms with van der Waals surface area (Å²) in [5.74, 6) is 0.179. The van der Waals surface area contributed by atoms with E-state index >= 15 is 0 Å². The third-order valence-corrected chi connectivity index (χ3v) is 7.96. The number of piperidine rings is 1. The van der Waals surface area contributed by atoms with Gasteiger partial charge in [0.2, 0.25) is 15.9 Å². The first-order valence-electron chi connectivity index (χ1n) is 9.45. The molecule has 26 heavy (non-hydrogen) atoms. The van der Waals surface area contributed by atoms with Crippen LogP contribution in [0.3, 0.4) is 0 Å². The zero-order valence-electron chi connectivity index (χ0n) is 15.2. The summed E-state index contributed by atoms with van der Waals surface area (Å²) in [5.41, 5.74) is 0.572. The summed E-state index contributed by atoms with van der Waals surface area (Å²) in [6.45, 7) is 2.53. The van der Waals surface area contributed by atoms with E-state index in [1.807, 2.05) is 0 Å². The van der Waals surface area contributed by atoms with Crippen molar-refractivity contribution in [2.75, 3.05) is 13.1 Å². The molecule has 1 aliphatic heterocycles. The molecule has 0 aromatic heterocycles. The van der Waals surface area contributed by atoms with Crippen LogP contribution in [0.5, 0.6) is 0 Å². The average molecular weight is 399 g/mol. The highest BCUT2D eigenvalue weighted by atomic mass is 35.5. The molecule has 2 fully saturated rings. The van der Waals surface area contributed by atoms with Gasteiger partial charge in [0, 0.05) is 30.1 Å². The van der Waals surface area contributed by atoms with E-state index in [-0.39, 0.29) is 22.8 Å². The molecule has 0 spiro atoms. The predicted octanol–water partition coefficient (Wildman–Crippen LogP) is 3.50. The number of halogens is 1. The Labute approximate surface area is 161 Å². The smallest absolute Gasteiger partial charge is 0.243 e. The lowest BCUT2D eigenvalue weighted by molar-refractivity contribution is -0.126. The van der Waals surface area contributed by atoms with Crippen LogP contribution in [0.4, 0.5) is 0 Å². The average Bonchev–Trinajstić information content (AvgIpc) is 2.65. The van der Waals surface area contributed by atoms with Crippen molar-refractivity contribution in [3.05, 3.63) is 28.8 Å². The van der Waals surface area contributed by atoms with Gasteiger partial charge < -0.3 is 5.32 Å². The zero-order valence-corrected chi connectivity index (χ0v) is 16.8. The molecule has 0 radical (unpaired) electrons. The third kappa shape index (κ3) is 4.24. The van der Waals surface area contributed by atoms with Crippen LogP contribution in [0.2, 0.25) is 5.02 Å². The largest absolute Gasteiger partial charge is 0.352 e. The lowest BCUT2D eigenvalue weighted by Crippen LogP contribution is -2.50. The molecule has 2 aliphatic rings. The van der Waals surface area contributed by atoms with Gasteiger partial charge in [0.15, 0.2) is 0 Å². The van der Waals surface area contributed by atoms with Crippen LogP contribution in [0, 0.1) is 12.8 Å². The Bertz CT molecular complexity index is 760. The van der Waals surface area contributed by atoms with Crippen molar-refractivity contribution in [3.63, 3.8) is 0 Å². The molecule has 3 rings (SSSR count). The first-order valence-corrected chi connectivity index (χ1v) is 11.3. The van der Waals surface area contributed by atoms with E-state index in [0.717, 1.165) is 38.5 Å². The second-order valence-corrected chi connectivity index (χ2v) is 9.72. The van der Waals surface area contributed by atoms with Gasteiger partial charge in [-0.15, -0.1) is 0 Å². The first kappa shape index (κ1) is 19.6. The second kappa shape index (κ2) is 8.28. The normalized spacial score (nSPS) is 22.9. The maximum absolute atomic E-state index is 13.0. The maximum atomic E-state index is 13.0. The van der Waals surface area contributed by atoms with Crippen LogP contribution in [-0.2, 0) is 14.8 Å². The number of carbonyl (C=O) groups is 1. The van der Waals surface area contributed by atoms with Crippen LogP contribution < -0.4 is 5.32 Å². The SMILES string of the molecule is Cc1c(Cl)cccc1S(=O)(=O)N1CCCC(NC(=O)C2CCCCC2)C1. The molecule has 5 nitrogen and oxygen atoms in total. The van der Waals surface area contributed by atoms with E-state index in [1.165, 1.54) is 10.7 Å². The molecule has 1 aromatic rings. The van der Waals surface area contributed by atoms with Gasteiger partial charge in [-0.2, -0.15) is 4.31 Å². The molecule has 1 heterocycles. The number of rotatable bonds is 4. The minimum Gasteiger partial charge on any atom is -0.352 e. The molecule has 1 N–H and O–H groups in total. The molecule has 1 atom stereocenters. The molecule has 1 amide bonds. The number of benzene rings is 1. The minimum absolute atomic E-state index is 0.0888. The molecule has 1 saturated heterocycles. The predicted molar refractivity (Wildman–Crippen MR) is 103 cm³/mol. The van der Waals surface area contributed by atoms with Crippen LogP contribution in [0.1, 0.15) is 50.5 Å². The summed E-state index contributed by atoms with van der Waals surface area (Å²) in [7, 11) is -3.61. The fourth-order valence-corrected chi connectivity index (χ4v) is 5.97. The van der Waals surface area contributed by atoms with Crippen LogP contribution in [0.25, 0.3) is 0 Å². The minimum atomic E-state index is -3.61. The van der Waals surface area contributed by atoms with Crippen molar-refractivity contribution >= 4 is 27.5 Å². The summed E-state index contributed by atoms with van der Waals surface area (Å²) in [6.07, 6.45) is 6.88. The lowest BCUT2D eigenvalue weighted by Gasteiger charge is -2.34. The molecule has 144 valence electrons. The monoisotopic (exact) mass is 398 g/mol. The highest BCUT2D eigenvalue weighted by Gasteiger charge is 2.33. The van der Waals surface area contributed by atoms with Gasteiger partial charge in [-0.05, 0) is 50.3 Å². The summed E-state index contributed by atoms with van der Waals surface area (Å²) in [6, 6.07) is 4.83. The molecular weight excluding hydrogens is 372 g/mol.